The van der Waals surface area contributed by atoms with Gasteiger partial charge in [-0.2, -0.15) is 17.9 Å². The summed E-state index contributed by atoms with van der Waals surface area (Å²) in [5.74, 6) is 0.397. The van der Waals surface area contributed by atoms with E-state index in [0.717, 1.165) is 49.1 Å². The fourth-order valence-electron chi connectivity index (χ4n) is 3.81. The minimum Gasteiger partial charge on any atom is -0.375 e. The monoisotopic (exact) mass is 467 g/mol. The molecule has 176 valence electrons. The van der Waals surface area contributed by atoms with Crippen molar-refractivity contribution in [3.63, 3.8) is 0 Å². The Morgan fingerprint density at radius 2 is 2.15 bits per heavy atom. The van der Waals surface area contributed by atoms with Crippen molar-refractivity contribution in [3.05, 3.63) is 47.3 Å². The molecule has 7 nitrogen and oxygen atoms in total. The zero-order valence-corrected chi connectivity index (χ0v) is 20.7. The molecule has 33 heavy (non-hydrogen) atoms. The quantitative estimate of drug-likeness (QED) is 0.441. The van der Waals surface area contributed by atoms with Crippen molar-refractivity contribution in [2.24, 2.45) is 5.41 Å². The maximum absolute atomic E-state index is 12.7. The molecule has 0 unspecified atom stereocenters. The molecule has 3 rings (SSSR count). The molecule has 0 spiro atoms. The van der Waals surface area contributed by atoms with Gasteiger partial charge in [-0.3, -0.25) is 9.78 Å². The maximum Gasteiger partial charge on any atom is 0.291 e. The van der Waals surface area contributed by atoms with Crippen LogP contribution in [0.5, 0.6) is 0 Å². The molecule has 0 aromatic carbocycles. The van der Waals surface area contributed by atoms with Crippen molar-refractivity contribution in [2.45, 2.75) is 72.0 Å². The number of imidazole rings is 1. The Balaban J connectivity index is 1.82. The van der Waals surface area contributed by atoms with Crippen LogP contribution in [0.1, 0.15) is 81.1 Å². The van der Waals surface area contributed by atoms with Crippen LogP contribution >= 0.6 is 12.6 Å². The molecule has 2 aromatic rings. The summed E-state index contributed by atoms with van der Waals surface area (Å²) in [6, 6.07) is 5.81. The van der Waals surface area contributed by atoms with Crippen molar-refractivity contribution in [2.75, 3.05) is 11.1 Å². The van der Waals surface area contributed by atoms with Crippen molar-refractivity contribution in [1.82, 2.24) is 15.0 Å². The van der Waals surface area contributed by atoms with E-state index in [1.165, 1.54) is 6.20 Å². The lowest BCUT2D eigenvalue weighted by molar-refractivity contribution is 0.0172. The SMILES string of the molecule is C[C@H](CCc1ccc(NC(=O)c2ncc(C#N)[nH]2)c(C2=CCC(C)(C)CC2)n1)O[C@@H](C)CS. The fourth-order valence-corrected chi connectivity index (χ4v) is 3.90. The Labute approximate surface area is 201 Å². The molecule has 0 aliphatic heterocycles. The highest BCUT2D eigenvalue weighted by atomic mass is 32.1. The topological polar surface area (TPSA) is 104 Å². The summed E-state index contributed by atoms with van der Waals surface area (Å²) >= 11 is 4.28. The van der Waals surface area contributed by atoms with Crippen LogP contribution in [-0.4, -0.2) is 38.8 Å². The van der Waals surface area contributed by atoms with Crippen molar-refractivity contribution >= 4 is 29.8 Å². The number of carbonyl (C=O) groups is 1. The average Bonchev–Trinajstić information content (AvgIpc) is 3.28. The predicted molar refractivity (Wildman–Crippen MR) is 133 cm³/mol. The lowest BCUT2D eigenvalue weighted by Gasteiger charge is -2.29. The van der Waals surface area contributed by atoms with E-state index in [0.29, 0.717) is 11.4 Å². The second-order valence-electron chi connectivity index (χ2n) is 9.49. The molecular formula is C25H33N5O2S. The van der Waals surface area contributed by atoms with Gasteiger partial charge in [-0.15, -0.1) is 0 Å². The number of aryl methyl sites for hydroxylation is 1. The first kappa shape index (κ1) is 25.0. The second-order valence-corrected chi connectivity index (χ2v) is 9.85. The third kappa shape index (κ3) is 6.92. The van der Waals surface area contributed by atoms with Crippen LogP contribution in [0.4, 0.5) is 5.69 Å². The first-order valence-electron chi connectivity index (χ1n) is 11.4. The highest BCUT2D eigenvalue weighted by Crippen LogP contribution is 2.39. The summed E-state index contributed by atoms with van der Waals surface area (Å²) in [6.45, 7) is 8.63. The first-order chi connectivity index (χ1) is 15.7. The van der Waals surface area contributed by atoms with Gasteiger partial charge < -0.3 is 15.0 Å². The van der Waals surface area contributed by atoms with Crippen LogP contribution in [-0.2, 0) is 11.2 Å². The zero-order chi connectivity index (χ0) is 24.0. The number of nitrogens with zero attached hydrogens (tertiary/aromatic N) is 3. The standard InChI is InChI=1S/C25H33N5O2S/c1-16(32-17(2)15-33)5-6-19-7-8-21(30-24(31)23-27-14-20(13-26)29-23)22(28-19)18-9-11-25(3,4)12-10-18/h7-9,14,16-17,33H,5-6,10-12,15H2,1-4H3,(H,27,29)(H,30,31)/t16-,17+/m1/s1. The number of nitrogens with one attached hydrogen (secondary N) is 2. The second kappa shape index (κ2) is 11.0. The number of aromatic nitrogens is 3. The number of thiol groups is 1. The van der Waals surface area contributed by atoms with E-state index < -0.39 is 5.91 Å². The molecule has 0 fully saturated rings. The summed E-state index contributed by atoms with van der Waals surface area (Å²) < 4.78 is 5.92. The summed E-state index contributed by atoms with van der Waals surface area (Å²) in [6.07, 6.45) is 8.39. The number of allylic oxidation sites excluding steroid dienone is 2. The molecule has 1 aliphatic carbocycles. The molecule has 2 heterocycles. The molecule has 2 N–H and O–H groups in total. The Bertz CT molecular complexity index is 1050. The van der Waals surface area contributed by atoms with Gasteiger partial charge >= 0.3 is 0 Å². The van der Waals surface area contributed by atoms with E-state index >= 15 is 0 Å². The number of ether oxygens (including phenoxy) is 1. The largest absolute Gasteiger partial charge is 0.375 e. The van der Waals surface area contributed by atoms with Crippen LogP contribution in [0.15, 0.2) is 24.4 Å². The third-order valence-corrected chi connectivity index (χ3v) is 6.43. The summed E-state index contributed by atoms with van der Waals surface area (Å²) in [4.78, 5) is 24.4. The number of hydrogen-bond donors (Lipinski definition) is 3. The normalized spacial score (nSPS) is 17.0. The van der Waals surface area contributed by atoms with Gasteiger partial charge in [0.1, 0.15) is 11.8 Å². The third-order valence-electron chi connectivity index (χ3n) is 5.92. The van der Waals surface area contributed by atoms with Crippen LogP contribution in [0.25, 0.3) is 5.57 Å². The van der Waals surface area contributed by atoms with E-state index in [-0.39, 0.29) is 29.1 Å². The molecule has 2 aromatic heterocycles. The smallest absolute Gasteiger partial charge is 0.291 e. The molecule has 1 aliphatic rings. The highest BCUT2D eigenvalue weighted by Gasteiger charge is 2.24. The number of anilines is 1. The number of carbonyl (C=O) groups excluding carboxylic acids is 1. The number of hydrogen-bond acceptors (Lipinski definition) is 6. The van der Waals surface area contributed by atoms with Crippen LogP contribution in [0, 0.1) is 16.7 Å². The number of amides is 1. The summed E-state index contributed by atoms with van der Waals surface area (Å²) in [5.41, 5.74) is 4.08. The number of pyridine rings is 1. The predicted octanol–water partition coefficient (Wildman–Crippen LogP) is 5.18. The van der Waals surface area contributed by atoms with Crippen molar-refractivity contribution in [1.29, 1.82) is 5.26 Å². The number of nitriles is 1. The van der Waals surface area contributed by atoms with Crippen molar-refractivity contribution in [3.8, 4) is 6.07 Å². The molecule has 0 bridgehead atoms. The lowest BCUT2D eigenvalue weighted by Crippen LogP contribution is -2.20. The van der Waals surface area contributed by atoms with Gasteiger partial charge in [0.25, 0.3) is 5.91 Å². The van der Waals surface area contributed by atoms with E-state index in [4.69, 9.17) is 15.0 Å². The van der Waals surface area contributed by atoms with E-state index in [9.17, 15) is 4.79 Å². The maximum atomic E-state index is 12.7. The molecular weight excluding hydrogens is 434 g/mol. The van der Waals surface area contributed by atoms with E-state index in [1.807, 2.05) is 25.1 Å². The molecule has 0 saturated carbocycles. The van der Waals surface area contributed by atoms with E-state index in [2.05, 4.69) is 54.8 Å². The van der Waals surface area contributed by atoms with Gasteiger partial charge in [-0.25, -0.2) is 4.98 Å². The Kier molecular flexibility index (Phi) is 8.33. The first-order valence-corrected chi connectivity index (χ1v) is 12.1. The Hall–Kier alpha value is -2.63. The fraction of sp³-hybridized carbons (Fsp3) is 0.520. The van der Waals surface area contributed by atoms with Gasteiger partial charge in [0.05, 0.1) is 29.8 Å². The van der Waals surface area contributed by atoms with E-state index in [1.54, 1.807) is 0 Å². The number of H-pyrrole nitrogens is 1. The number of aromatic amines is 1. The van der Waals surface area contributed by atoms with Gasteiger partial charge in [0.15, 0.2) is 5.82 Å². The minimum absolute atomic E-state index is 0.101. The van der Waals surface area contributed by atoms with Gasteiger partial charge in [-0.05, 0) is 69.1 Å². The average molecular weight is 468 g/mol. The minimum atomic E-state index is -0.396. The molecule has 0 saturated heterocycles. The number of rotatable bonds is 9. The Morgan fingerprint density at radius 1 is 1.36 bits per heavy atom. The molecule has 1 amide bonds. The molecule has 0 radical (unpaired) electrons. The van der Waals surface area contributed by atoms with Gasteiger partial charge in [-0.1, -0.05) is 19.9 Å². The summed E-state index contributed by atoms with van der Waals surface area (Å²) in [5, 5.41) is 11.9. The zero-order valence-electron chi connectivity index (χ0n) is 19.8. The Morgan fingerprint density at radius 3 is 2.79 bits per heavy atom. The summed E-state index contributed by atoms with van der Waals surface area (Å²) in [7, 11) is 0. The lowest BCUT2D eigenvalue weighted by atomic mass is 9.77. The van der Waals surface area contributed by atoms with Crippen LogP contribution in [0.3, 0.4) is 0 Å². The van der Waals surface area contributed by atoms with Crippen molar-refractivity contribution < 1.29 is 9.53 Å². The van der Waals surface area contributed by atoms with Gasteiger partial charge in [0.2, 0.25) is 0 Å². The molecule has 2 atom stereocenters. The van der Waals surface area contributed by atoms with Crippen LogP contribution in [0.2, 0.25) is 0 Å². The van der Waals surface area contributed by atoms with Crippen LogP contribution < -0.4 is 5.32 Å². The molecule has 8 heteroatoms. The highest BCUT2D eigenvalue weighted by molar-refractivity contribution is 7.80. The van der Waals surface area contributed by atoms with Gasteiger partial charge in [0, 0.05) is 11.4 Å².